The maximum Gasteiger partial charge on any atom is 0.135 e. The molecule has 5 heteroatoms. The van der Waals surface area contributed by atoms with Crippen LogP contribution in [-0.2, 0) is 14.6 Å². The lowest BCUT2D eigenvalue weighted by atomic mass is 10.1. The van der Waals surface area contributed by atoms with Gasteiger partial charge in [-0.05, 0) is 0 Å². The molecule has 0 saturated carbocycles. The van der Waals surface area contributed by atoms with Crippen molar-refractivity contribution in [3.05, 3.63) is 0 Å². The first kappa shape index (κ1) is 8.61. The van der Waals surface area contributed by atoms with Crippen LogP contribution in [-0.4, -0.2) is 31.0 Å². The molecule has 1 fully saturated rings. The summed E-state index contributed by atoms with van der Waals surface area (Å²) in [4.78, 5) is 19.9. The van der Waals surface area contributed by atoms with Gasteiger partial charge in [0.05, 0.1) is 12.8 Å². The van der Waals surface area contributed by atoms with Crippen LogP contribution in [0, 0.1) is 0 Å². The summed E-state index contributed by atoms with van der Waals surface area (Å²) >= 11 is 0. The zero-order valence-corrected chi connectivity index (χ0v) is 6.45. The van der Waals surface area contributed by atoms with Crippen LogP contribution in [0.2, 0.25) is 0 Å². The number of carbonyl (C=O) groups is 1. The van der Waals surface area contributed by atoms with Crippen LogP contribution in [0.5, 0.6) is 0 Å². The molecule has 0 N–H and O–H groups in total. The number of Topliss-reactive ketones (excluding diaryl/α,β-unsaturated/α-hetero) is 1. The number of piperidine rings is 1. The molecule has 0 amide bonds. The Bertz CT molecular complexity index is 130. The van der Waals surface area contributed by atoms with Crippen molar-refractivity contribution in [1.82, 2.24) is 10.7 Å². The van der Waals surface area contributed by atoms with Gasteiger partial charge in [-0.3, -0.25) is 9.63 Å². The van der Waals surface area contributed by atoms with Gasteiger partial charge in [-0.15, -0.1) is 0 Å². The molecule has 63 valence electrons. The number of hydroxylamine groups is 2. The number of rotatable bonds is 3. The quantitative estimate of drug-likeness (QED) is 0.529. The summed E-state index contributed by atoms with van der Waals surface area (Å²) in [7, 11) is 1.41. The van der Waals surface area contributed by atoms with Crippen molar-refractivity contribution in [3.63, 3.8) is 0 Å². The third-order valence-corrected chi connectivity index (χ3v) is 1.50. The minimum absolute atomic E-state index is 0.280. The summed E-state index contributed by atoms with van der Waals surface area (Å²) < 4.78 is 0. The standard InChI is InChI=1S/C6H11N2O3/c1-10-7-11-8-4-2-6(9)3-5-8/h2-5H2,1H3. The van der Waals surface area contributed by atoms with Crippen molar-refractivity contribution in [3.8, 4) is 0 Å². The Balaban J connectivity index is 2.12. The van der Waals surface area contributed by atoms with Crippen molar-refractivity contribution >= 4 is 5.78 Å². The average molecular weight is 159 g/mol. The topological polar surface area (TPSA) is 52.9 Å². The molecule has 1 aliphatic heterocycles. The first-order valence-corrected chi connectivity index (χ1v) is 3.50. The van der Waals surface area contributed by atoms with Crippen molar-refractivity contribution in [2.75, 3.05) is 20.2 Å². The van der Waals surface area contributed by atoms with Gasteiger partial charge in [0.1, 0.15) is 5.78 Å². The maximum atomic E-state index is 10.7. The van der Waals surface area contributed by atoms with E-state index >= 15 is 0 Å². The van der Waals surface area contributed by atoms with E-state index in [9.17, 15) is 4.79 Å². The van der Waals surface area contributed by atoms with Crippen LogP contribution in [0.4, 0.5) is 0 Å². The normalized spacial score (nSPS) is 20.6. The Morgan fingerprint density at radius 3 is 2.64 bits per heavy atom. The van der Waals surface area contributed by atoms with Crippen LogP contribution in [0.25, 0.3) is 0 Å². The minimum Gasteiger partial charge on any atom is -0.300 e. The Morgan fingerprint density at radius 1 is 1.45 bits per heavy atom. The number of hydrogen-bond acceptors (Lipinski definition) is 4. The molecule has 5 nitrogen and oxygen atoms in total. The fourth-order valence-corrected chi connectivity index (χ4v) is 0.898. The zero-order chi connectivity index (χ0) is 8.10. The SMILES string of the molecule is CO[N]ON1CCC(=O)CC1. The number of hydrogen-bond donors (Lipinski definition) is 0. The summed E-state index contributed by atoms with van der Waals surface area (Å²) in [5, 5.41) is 1.60. The Labute approximate surface area is 65.1 Å². The average Bonchev–Trinajstić information content (AvgIpc) is 2.04. The van der Waals surface area contributed by atoms with Crippen LogP contribution < -0.4 is 5.64 Å². The molecule has 0 bridgehead atoms. The fraction of sp³-hybridized carbons (Fsp3) is 0.833. The fourth-order valence-electron chi connectivity index (χ4n) is 0.898. The second-order valence-corrected chi connectivity index (χ2v) is 2.31. The molecule has 0 aromatic rings. The summed E-state index contributed by atoms with van der Waals surface area (Å²) in [6.07, 6.45) is 1.08. The van der Waals surface area contributed by atoms with Gasteiger partial charge in [0.2, 0.25) is 0 Å². The number of ketones is 1. The van der Waals surface area contributed by atoms with E-state index in [1.807, 2.05) is 0 Å². The van der Waals surface area contributed by atoms with Crippen LogP contribution in [0.3, 0.4) is 0 Å². The van der Waals surface area contributed by atoms with Crippen molar-refractivity contribution in [1.29, 1.82) is 0 Å². The lowest BCUT2D eigenvalue weighted by molar-refractivity contribution is -0.305. The van der Waals surface area contributed by atoms with Crippen molar-refractivity contribution in [2.24, 2.45) is 0 Å². The van der Waals surface area contributed by atoms with Crippen LogP contribution >= 0.6 is 0 Å². The van der Waals surface area contributed by atoms with Gasteiger partial charge in [-0.25, -0.2) is 0 Å². The van der Waals surface area contributed by atoms with E-state index in [1.54, 1.807) is 5.06 Å². The largest absolute Gasteiger partial charge is 0.300 e. The second kappa shape index (κ2) is 4.40. The molecule has 0 unspecified atom stereocenters. The van der Waals surface area contributed by atoms with Crippen molar-refractivity contribution < 1.29 is 14.6 Å². The summed E-state index contributed by atoms with van der Waals surface area (Å²) in [6, 6.07) is 0. The molecule has 1 saturated heterocycles. The highest BCUT2D eigenvalue weighted by Crippen LogP contribution is 2.04. The highest BCUT2D eigenvalue weighted by atomic mass is 17.0. The van der Waals surface area contributed by atoms with Crippen LogP contribution in [0.15, 0.2) is 0 Å². The predicted octanol–water partition coefficient (Wildman–Crippen LogP) is -0.336. The van der Waals surface area contributed by atoms with Gasteiger partial charge in [0, 0.05) is 25.9 Å². The molecule has 0 atom stereocenters. The lowest BCUT2D eigenvalue weighted by Crippen LogP contribution is -2.35. The first-order chi connectivity index (χ1) is 5.33. The first-order valence-electron chi connectivity index (χ1n) is 3.50. The van der Waals surface area contributed by atoms with E-state index in [0.29, 0.717) is 25.9 Å². The molecule has 1 heterocycles. The Hall–Kier alpha value is -0.490. The molecular formula is C6H11N2O3. The predicted molar refractivity (Wildman–Crippen MR) is 36.0 cm³/mol. The van der Waals surface area contributed by atoms with Crippen molar-refractivity contribution in [2.45, 2.75) is 12.8 Å². The molecule has 0 spiro atoms. The summed E-state index contributed by atoms with van der Waals surface area (Å²) in [6.45, 7) is 1.21. The van der Waals surface area contributed by atoms with E-state index in [0.717, 1.165) is 0 Å². The van der Waals surface area contributed by atoms with E-state index in [2.05, 4.69) is 10.5 Å². The number of carbonyl (C=O) groups excluding carboxylic acids is 1. The maximum absolute atomic E-state index is 10.7. The minimum atomic E-state index is 0.280. The molecule has 0 aromatic carbocycles. The van der Waals surface area contributed by atoms with E-state index in [-0.39, 0.29) is 5.78 Å². The monoisotopic (exact) mass is 159 g/mol. The van der Waals surface area contributed by atoms with Crippen LogP contribution in [0.1, 0.15) is 12.8 Å². The molecule has 0 aliphatic carbocycles. The molecular weight excluding hydrogens is 148 g/mol. The highest BCUT2D eigenvalue weighted by molar-refractivity contribution is 5.79. The van der Waals surface area contributed by atoms with E-state index in [4.69, 9.17) is 4.94 Å². The highest BCUT2D eigenvalue weighted by Gasteiger charge is 2.16. The molecule has 11 heavy (non-hydrogen) atoms. The van der Waals surface area contributed by atoms with Gasteiger partial charge in [0.25, 0.3) is 0 Å². The van der Waals surface area contributed by atoms with Gasteiger partial charge in [-0.1, -0.05) is 0 Å². The third-order valence-electron chi connectivity index (χ3n) is 1.50. The van der Waals surface area contributed by atoms with Gasteiger partial charge in [0.15, 0.2) is 0 Å². The summed E-state index contributed by atoms with van der Waals surface area (Å²) in [5.74, 6) is 0.280. The second-order valence-electron chi connectivity index (χ2n) is 2.31. The molecule has 1 rings (SSSR count). The molecule has 1 aliphatic rings. The van der Waals surface area contributed by atoms with E-state index < -0.39 is 0 Å². The van der Waals surface area contributed by atoms with Gasteiger partial charge in [-0.2, -0.15) is 10.0 Å². The van der Waals surface area contributed by atoms with Gasteiger partial charge >= 0.3 is 0 Å². The zero-order valence-electron chi connectivity index (χ0n) is 6.45. The molecule has 1 radical (unpaired) electrons. The smallest absolute Gasteiger partial charge is 0.135 e. The summed E-state index contributed by atoms with van der Waals surface area (Å²) in [5.41, 5.74) is 3.24. The number of nitrogens with zero attached hydrogens (tertiary/aromatic N) is 2. The Kier molecular flexibility index (Phi) is 3.44. The van der Waals surface area contributed by atoms with Gasteiger partial charge < -0.3 is 0 Å². The Morgan fingerprint density at radius 2 is 2.09 bits per heavy atom. The molecule has 0 aromatic heterocycles. The third kappa shape index (κ3) is 2.94. The lowest BCUT2D eigenvalue weighted by Gasteiger charge is -2.22. The van der Waals surface area contributed by atoms with E-state index in [1.165, 1.54) is 7.11 Å².